The topological polar surface area (TPSA) is 68.8 Å². The summed E-state index contributed by atoms with van der Waals surface area (Å²) in [6.07, 6.45) is 0. The molecule has 5 heteroatoms. The summed E-state index contributed by atoms with van der Waals surface area (Å²) in [5, 5.41) is 22.0. The lowest BCUT2D eigenvalue weighted by molar-refractivity contribution is 0.412. The Labute approximate surface area is 132 Å². The number of nitriles is 2. The van der Waals surface area contributed by atoms with Crippen LogP contribution < -0.4 is 10.1 Å². The second-order valence-electron chi connectivity index (χ2n) is 4.75. The van der Waals surface area contributed by atoms with Crippen molar-refractivity contribution in [2.45, 2.75) is 19.8 Å². The van der Waals surface area contributed by atoms with Gasteiger partial charge in [-0.1, -0.05) is 6.07 Å². The van der Waals surface area contributed by atoms with E-state index in [9.17, 15) is 10.5 Å². The van der Waals surface area contributed by atoms with Gasteiger partial charge in [0.1, 0.15) is 5.75 Å². The molecule has 0 aliphatic carbocycles. The second kappa shape index (κ2) is 6.03. The third-order valence-corrected chi connectivity index (χ3v) is 4.13. The summed E-state index contributed by atoms with van der Waals surface area (Å²) < 4.78 is 6.02. The third-order valence-electron chi connectivity index (χ3n) is 3.51. The fourth-order valence-corrected chi connectivity index (χ4v) is 3.04. The van der Waals surface area contributed by atoms with Gasteiger partial charge >= 0.3 is 0 Å². The third kappa shape index (κ3) is 2.66. The number of allylic oxidation sites excluding steroid dienone is 4. The summed E-state index contributed by atoms with van der Waals surface area (Å²) in [4.78, 5) is 0. The first kappa shape index (κ1) is 15.2. The van der Waals surface area contributed by atoms with Crippen molar-refractivity contribution in [2.24, 2.45) is 0 Å². The Kier molecular flexibility index (Phi) is 4.35. The van der Waals surface area contributed by atoms with E-state index in [1.165, 1.54) is 0 Å². The van der Waals surface area contributed by atoms with E-state index in [1.807, 2.05) is 32.0 Å². The zero-order chi connectivity index (χ0) is 15.6. The number of nitrogens with one attached hydrogen (secondary N) is 1. The van der Waals surface area contributed by atoms with E-state index in [1.54, 1.807) is 7.11 Å². The molecule has 4 nitrogen and oxygen atoms in total. The van der Waals surface area contributed by atoms with Crippen LogP contribution in [0.4, 0.5) is 0 Å². The van der Waals surface area contributed by atoms with Crippen molar-refractivity contribution < 1.29 is 4.74 Å². The molecule has 21 heavy (non-hydrogen) atoms. The fraction of sp³-hybridized carbons (Fsp3) is 0.250. The van der Waals surface area contributed by atoms with Gasteiger partial charge in [-0.2, -0.15) is 10.5 Å². The predicted octanol–water partition coefficient (Wildman–Crippen LogP) is 3.74. The van der Waals surface area contributed by atoms with Crippen LogP contribution in [0.15, 0.2) is 45.2 Å². The molecule has 0 saturated heterocycles. The highest BCUT2D eigenvalue weighted by atomic mass is 79.9. The highest BCUT2D eigenvalue weighted by Gasteiger charge is 2.29. The van der Waals surface area contributed by atoms with Gasteiger partial charge in [0, 0.05) is 11.4 Å². The van der Waals surface area contributed by atoms with Crippen LogP contribution in [-0.4, -0.2) is 7.11 Å². The highest BCUT2D eigenvalue weighted by Crippen LogP contribution is 2.39. The molecule has 1 aromatic carbocycles. The lowest BCUT2D eigenvalue weighted by Gasteiger charge is -2.26. The van der Waals surface area contributed by atoms with Crippen LogP contribution in [0.25, 0.3) is 0 Å². The van der Waals surface area contributed by atoms with Crippen molar-refractivity contribution in [2.75, 3.05) is 7.11 Å². The smallest absolute Gasteiger partial charge is 0.133 e. The average molecular weight is 344 g/mol. The molecule has 1 heterocycles. The molecule has 0 spiro atoms. The van der Waals surface area contributed by atoms with Gasteiger partial charge in [0.15, 0.2) is 0 Å². The molecule has 0 saturated carbocycles. The van der Waals surface area contributed by atoms with Crippen LogP contribution in [-0.2, 0) is 0 Å². The van der Waals surface area contributed by atoms with Crippen LogP contribution in [0, 0.1) is 22.7 Å². The van der Waals surface area contributed by atoms with Crippen LogP contribution in [0.5, 0.6) is 5.75 Å². The summed E-state index contributed by atoms with van der Waals surface area (Å²) in [6.45, 7) is 3.70. The van der Waals surface area contributed by atoms with E-state index in [4.69, 9.17) is 4.74 Å². The first-order valence-electron chi connectivity index (χ1n) is 6.35. The summed E-state index contributed by atoms with van der Waals surface area (Å²) in [5.41, 5.74) is 3.58. The molecule has 0 bridgehead atoms. The van der Waals surface area contributed by atoms with Gasteiger partial charge in [0.05, 0.1) is 40.8 Å². The molecule has 1 N–H and O–H groups in total. The summed E-state index contributed by atoms with van der Waals surface area (Å²) >= 11 is 3.45. The Morgan fingerprint density at radius 2 is 1.71 bits per heavy atom. The number of methoxy groups -OCH3 is 1. The SMILES string of the molecule is COc1ccc(C2C(C#N)=C(C)NC(C)=C2C#N)cc1Br. The van der Waals surface area contributed by atoms with Crippen molar-refractivity contribution in [1.29, 1.82) is 10.5 Å². The largest absolute Gasteiger partial charge is 0.496 e. The van der Waals surface area contributed by atoms with Crippen LogP contribution in [0.1, 0.15) is 25.3 Å². The Bertz CT molecular complexity index is 699. The molecular formula is C16H14BrN3O. The van der Waals surface area contributed by atoms with Gasteiger partial charge < -0.3 is 10.1 Å². The van der Waals surface area contributed by atoms with E-state index in [0.717, 1.165) is 21.4 Å². The zero-order valence-electron chi connectivity index (χ0n) is 12.0. The van der Waals surface area contributed by atoms with E-state index in [0.29, 0.717) is 16.9 Å². The van der Waals surface area contributed by atoms with Crippen LogP contribution in [0.2, 0.25) is 0 Å². The minimum Gasteiger partial charge on any atom is -0.496 e. The first-order chi connectivity index (χ1) is 10.0. The monoisotopic (exact) mass is 343 g/mol. The molecule has 1 aliphatic heterocycles. The van der Waals surface area contributed by atoms with Gasteiger partial charge in [-0.3, -0.25) is 0 Å². The van der Waals surface area contributed by atoms with Gasteiger partial charge in [-0.05, 0) is 47.5 Å². The minimum atomic E-state index is -0.344. The van der Waals surface area contributed by atoms with Crippen LogP contribution in [0.3, 0.4) is 0 Å². The molecular weight excluding hydrogens is 330 g/mol. The van der Waals surface area contributed by atoms with Crippen molar-refractivity contribution in [3.8, 4) is 17.9 Å². The van der Waals surface area contributed by atoms with Crippen molar-refractivity contribution in [3.05, 3.63) is 50.8 Å². The van der Waals surface area contributed by atoms with Gasteiger partial charge in [-0.25, -0.2) is 0 Å². The number of dihydropyridines is 1. The lowest BCUT2D eigenvalue weighted by Crippen LogP contribution is -2.23. The molecule has 0 aromatic heterocycles. The molecule has 0 fully saturated rings. The van der Waals surface area contributed by atoms with E-state index >= 15 is 0 Å². The summed E-state index contributed by atoms with van der Waals surface area (Å²) in [7, 11) is 1.60. The molecule has 2 rings (SSSR count). The molecule has 1 aliphatic rings. The van der Waals surface area contributed by atoms with Crippen molar-refractivity contribution in [1.82, 2.24) is 5.32 Å². The quantitative estimate of drug-likeness (QED) is 0.887. The number of ether oxygens (including phenoxy) is 1. The van der Waals surface area contributed by atoms with E-state index < -0.39 is 0 Å². The molecule has 1 aromatic rings. The number of benzene rings is 1. The predicted molar refractivity (Wildman–Crippen MR) is 83.2 cm³/mol. The average Bonchev–Trinajstić information content (AvgIpc) is 2.46. The minimum absolute atomic E-state index is 0.344. The Morgan fingerprint density at radius 1 is 1.14 bits per heavy atom. The molecule has 106 valence electrons. The number of nitrogens with zero attached hydrogens (tertiary/aromatic N) is 2. The molecule has 0 atom stereocenters. The highest BCUT2D eigenvalue weighted by molar-refractivity contribution is 9.10. The first-order valence-corrected chi connectivity index (χ1v) is 7.15. The van der Waals surface area contributed by atoms with E-state index in [-0.39, 0.29) is 5.92 Å². The number of hydrogen-bond donors (Lipinski definition) is 1. The lowest BCUT2D eigenvalue weighted by atomic mass is 9.81. The van der Waals surface area contributed by atoms with Gasteiger partial charge in [0.2, 0.25) is 0 Å². The molecule has 0 radical (unpaired) electrons. The number of hydrogen-bond acceptors (Lipinski definition) is 4. The standard InChI is InChI=1S/C16H14BrN3O/c1-9-12(7-18)16(13(8-19)10(2)20-9)11-4-5-15(21-3)14(17)6-11/h4-6,16,20H,1-3H3. The maximum atomic E-state index is 9.45. The van der Waals surface area contributed by atoms with Gasteiger partial charge in [0.25, 0.3) is 0 Å². The summed E-state index contributed by atoms with van der Waals surface area (Å²) in [5.74, 6) is 0.370. The normalized spacial score (nSPS) is 15.3. The Hall–Kier alpha value is -2.24. The number of halogens is 1. The summed E-state index contributed by atoms with van der Waals surface area (Å²) in [6, 6.07) is 10.0. The van der Waals surface area contributed by atoms with Crippen molar-refractivity contribution in [3.63, 3.8) is 0 Å². The molecule has 0 unspecified atom stereocenters. The number of rotatable bonds is 2. The Balaban J connectivity index is 2.62. The fourth-order valence-electron chi connectivity index (χ4n) is 2.49. The maximum absolute atomic E-state index is 9.45. The molecule has 0 amide bonds. The maximum Gasteiger partial charge on any atom is 0.133 e. The van der Waals surface area contributed by atoms with Crippen molar-refractivity contribution >= 4 is 15.9 Å². The second-order valence-corrected chi connectivity index (χ2v) is 5.61. The van der Waals surface area contributed by atoms with Gasteiger partial charge in [-0.15, -0.1) is 0 Å². The Morgan fingerprint density at radius 3 is 2.14 bits per heavy atom. The zero-order valence-corrected chi connectivity index (χ0v) is 13.6. The van der Waals surface area contributed by atoms with Crippen LogP contribution >= 0.6 is 15.9 Å². The van der Waals surface area contributed by atoms with E-state index in [2.05, 4.69) is 33.4 Å².